The summed E-state index contributed by atoms with van der Waals surface area (Å²) in [4.78, 5) is 12.6. The zero-order chi connectivity index (χ0) is 12.3. The third-order valence-corrected chi connectivity index (χ3v) is 3.09. The van der Waals surface area contributed by atoms with Crippen molar-refractivity contribution in [3.8, 4) is 5.75 Å². The maximum atomic E-state index is 11.3. The molecule has 1 aliphatic heterocycles. The van der Waals surface area contributed by atoms with E-state index >= 15 is 0 Å². The van der Waals surface area contributed by atoms with Crippen molar-refractivity contribution in [1.82, 2.24) is 5.32 Å². The molecule has 17 heavy (non-hydrogen) atoms. The number of hydrogen-bond donors (Lipinski definition) is 2. The Morgan fingerprint density at radius 3 is 3.00 bits per heavy atom. The highest BCUT2D eigenvalue weighted by molar-refractivity contribution is 5.77. The van der Waals surface area contributed by atoms with Crippen molar-refractivity contribution in [2.45, 2.75) is 13.5 Å². The van der Waals surface area contributed by atoms with Gasteiger partial charge in [0.25, 0.3) is 5.91 Å². The van der Waals surface area contributed by atoms with Crippen LogP contribution in [-0.4, -0.2) is 32.7 Å². The molecule has 1 aromatic carbocycles. The van der Waals surface area contributed by atoms with Gasteiger partial charge in [0.05, 0.1) is 20.2 Å². The molecule has 0 radical (unpaired) electrons. The average molecular weight is 235 g/mol. The van der Waals surface area contributed by atoms with E-state index < -0.39 is 0 Å². The maximum Gasteiger partial charge on any atom is 0.275 e. The van der Waals surface area contributed by atoms with Crippen LogP contribution in [0, 0.1) is 6.92 Å². The lowest BCUT2D eigenvalue weighted by Crippen LogP contribution is -3.14. The fraction of sp³-hybridized carbons (Fsp3) is 0.462. The van der Waals surface area contributed by atoms with E-state index in [1.807, 2.05) is 12.1 Å². The van der Waals surface area contributed by atoms with E-state index in [-0.39, 0.29) is 5.91 Å². The first-order chi connectivity index (χ1) is 8.19. The number of carbonyl (C=O) groups excluding carboxylic acids is 1. The fourth-order valence-corrected chi connectivity index (χ4v) is 2.22. The van der Waals surface area contributed by atoms with Gasteiger partial charge in [-0.1, -0.05) is 11.6 Å². The summed E-state index contributed by atoms with van der Waals surface area (Å²) in [5.41, 5.74) is 2.40. The van der Waals surface area contributed by atoms with Gasteiger partial charge in [0.15, 0.2) is 6.54 Å². The molecule has 92 valence electrons. The first-order valence-corrected chi connectivity index (χ1v) is 5.93. The molecule has 1 unspecified atom stereocenters. The number of benzene rings is 1. The highest BCUT2D eigenvalue weighted by Crippen LogP contribution is 2.18. The van der Waals surface area contributed by atoms with Crippen LogP contribution >= 0.6 is 0 Å². The molecule has 0 saturated carbocycles. The third-order valence-electron chi connectivity index (χ3n) is 3.09. The SMILES string of the molecule is COc1ccc(C)cc1C[NH+]1CCNC(=O)C1. The van der Waals surface area contributed by atoms with Gasteiger partial charge in [-0.15, -0.1) is 0 Å². The zero-order valence-corrected chi connectivity index (χ0v) is 10.4. The van der Waals surface area contributed by atoms with Crippen molar-refractivity contribution in [1.29, 1.82) is 0 Å². The molecule has 1 amide bonds. The van der Waals surface area contributed by atoms with Gasteiger partial charge < -0.3 is 15.0 Å². The Balaban J connectivity index is 2.11. The average Bonchev–Trinajstić information content (AvgIpc) is 2.29. The van der Waals surface area contributed by atoms with Gasteiger partial charge in [0.1, 0.15) is 12.3 Å². The van der Waals surface area contributed by atoms with E-state index in [2.05, 4.69) is 18.3 Å². The van der Waals surface area contributed by atoms with E-state index in [1.54, 1.807) is 7.11 Å². The Bertz CT molecular complexity index is 418. The van der Waals surface area contributed by atoms with Gasteiger partial charge in [-0.05, 0) is 19.1 Å². The molecular weight excluding hydrogens is 216 g/mol. The van der Waals surface area contributed by atoms with Crippen molar-refractivity contribution < 1.29 is 14.4 Å². The zero-order valence-electron chi connectivity index (χ0n) is 10.4. The quantitative estimate of drug-likeness (QED) is 0.743. The molecule has 1 aliphatic rings. The van der Waals surface area contributed by atoms with Gasteiger partial charge in [-0.3, -0.25) is 4.79 Å². The minimum atomic E-state index is 0.137. The molecule has 0 aromatic heterocycles. The minimum absolute atomic E-state index is 0.137. The third kappa shape index (κ3) is 2.97. The molecule has 1 saturated heterocycles. The largest absolute Gasteiger partial charge is 0.496 e. The van der Waals surface area contributed by atoms with E-state index in [4.69, 9.17) is 4.74 Å². The summed E-state index contributed by atoms with van der Waals surface area (Å²) in [5, 5.41) is 2.85. The number of rotatable bonds is 3. The first-order valence-electron chi connectivity index (χ1n) is 5.93. The molecule has 2 rings (SSSR count). The number of nitrogens with one attached hydrogen (secondary N) is 2. The second kappa shape index (κ2) is 5.19. The monoisotopic (exact) mass is 235 g/mol. The van der Waals surface area contributed by atoms with E-state index in [9.17, 15) is 4.79 Å². The highest BCUT2D eigenvalue weighted by Gasteiger charge is 2.20. The molecule has 4 nitrogen and oxygen atoms in total. The molecule has 1 heterocycles. The number of aryl methyl sites for hydroxylation is 1. The number of ether oxygens (including phenoxy) is 1. The second-order valence-corrected chi connectivity index (χ2v) is 4.52. The van der Waals surface area contributed by atoms with Crippen LogP contribution in [0.1, 0.15) is 11.1 Å². The normalized spacial score (nSPS) is 19.9. The number of carbonyl (C=O) groups is 1. The molecule has 1 atom stereocenters. The van der Waals surface area contributed by atoms with Crippen LogP contribution in [0.2, 0.25) is 0 Å². The first kappa shape index (κ1) is 11.9. The van der Waals surface area contributed by atoms with Crippen LogP contribution in [0.25, 0.3) is 0 Å². The maximum absolute atomic E-state index is 11.3. The summed E-state index contributed by atoms with van der Waals surface area (Å²) >= 11 is 0. The lowest BCUT2D eigenvalue weighted by Gasteiger charge is -2.24. The summed E-state index contributed by atoms with van der Waals surface area (Å²) < 4.78 is 5.35. The van der Waals surface area contributed by atoms with Crippen LogP contribution in [0.15, 0.2) is 18.2 Å². The Morgan fingerprint density at radius 2 is 2.29 bits per heavy atom. The standard InChI is InChI=1S/C13H18N2O2/c1-10-3-4-12(17-2)11(7-10)8-15-6-5-14-13(16)9-15/h3-4,7H,5-6,8-9H2,1-2H3,(H,14,16)/p+1. The molecule has 1 aromatic rings. The van der Waals surface area contributed by atoms with Gasteiger partial charge >= 0.3 is 0 Å². The van der Waals surface area contributed by atoms with E-state index in [1.165, 1.54) is 16.0 Å². The van der Waals surface area contributed by atoms with Crippen molar-refractivity contribution in [2.24, 2.45) is 0 Å². The highest BCUT2D eigenvalue weighted by atomic mass is 16.5. The van der Waals surface area contributed by atoms with Crippen LogP contribution in [0.3, 0.4) is 0 Å². The number of methoxy groups -OCH3 is 1. The summed E-state index contributed by atoms with van der Waals surface area (Å²) in [6, 6.07) is 6.17. The lowest BCUT2D eigenvalue weighted by molar-refractivity contribution is -0.907. The van der Waals surface area contributed by atoms with Crippen LogP contribution < -0.4 is 15.0 Å². The molecule has 0 spiro atoms. The second-order valence-electron chi connectivity index (χ2n) is 4.52. The summed E-state index contributed by atoms with van der Waals surface area (Å²) in [5.74, 6) is 1.05. The van der Waals surface area contributed by atoms with Crippen molar-refractivity contribution in [2.75, 3.05) is 26.7 Å². The number of quaternary nitrogens is 1. The van der Waals surface area contributed by atoms with Crippen LogP contribution in [-0.2, 0) is 11.3 Å². The summed E-state index contributed by atoms with van der Waals surface area (Å²) in [6.45, 7) is 5.21. The molecule has 2 N–H and O–H groups in total. The Kier molecular flexibility index (Phi) is 3.64. The minimum Gasteiger partial charge on any atom is -0.496 e. The predicted octanol–water partition coefficient (Wildman–Crippen LogP) is -0.482. The molecule has 4 heteroatoms. The van der Waals surface area contributed by atoms with Crippen molar-refractivity contribution in [3.05, 3.63) is 29.3 Å². The van der Waals surface area contributed by atoms with Gasteiger partial charge in [-0.25, -0.2) is 0 Å². The van der Waals surface area contributed by atoms with Crippen molar-refractivity contribution in [3.63, 3.8) is 0 Å². The fourth-order valence-electron chi connectivity index (χ4n) is 2.22. The number of amides is 1. The van der Waals surface area contributed by atoms with E-state index in [0.717, 1.165) is 25.4 Å². The van der Waals surface area contributed by atoms with E-state index in [0.29, 0.717) is 6.54 Å². The Labute approximate surface area is 102 Å². The number of hydrogen-bond acceptors (Lipinski definition) is 2. The molecule has 0 aliphatic carbocycles. The smallest absolute Gasteiger partial charge is 0.275 e. The van der Waals surface area contributed by atoms with Crippen molar-refractivity contribution >= 4 is 5.91 Å². The molecule has 0 bridgehead atoms. The topological polar surface area (TPSA) is 42.8 Å². The van der Waals surface area contributed by atoms with Gasteiger partial charge in [0, 0.05) is 5.56 Å². The number of piperazine rings is 1. The molecular formula is C13H19N2O2+. The van der Waals surface area contributed by atoms with Gasteiger partial charge in [-0.2, -0.15) is 0 Å². The summed E-state index contributed by atoms with van der Waals surface area (Å²) in [6.07, 6.45) is 0. The molecule has 1 fully saturated rings. The predicted molar refractivity (Wildman–Crippen MR) is 65.1 cm³/mol. The Hall–Kier alpha value is -1.55. The van der Waals surface area contributed by atoms with Gasteiger partial charge in [0.2, 0.25) is 0 Å². The lowest BCUT2D eigenvalue weighted by atomic mass is 10.1. The summed E-state index contributed by atoms with van der Waals surface area (Å²) in [7, 11) is 1.69. The van der Waals surface area contributed by atoms with Crippen LogP contribution in [0.5, 0.6) is 5.75 Å². The van der Waals surface area contributed by atoms with Crippen LogP contribution in [0.4, 0.5) is 0 Å². The Morgan fingerprint density at radius 1 is 1.47 bits per heavy atom.